The third-order valence-electron chi connectivity index (χ3n) is 12.1. The van der Waals surface area contributed by atoms with Crippen molar-refractivity contribution in [2.75, 3.05) is 0 Å². The highest BCUT2D eigenvalue weighted by Crippen LogP contribution is 2.71. The summed E-state index contributed by atoms with van der Waals surface area (Å²) in [5.74, 6) is -3.67. The first-order valence-corrected chi connectivity index (χ1v) is 14.9. The zero-order valence-electron chi connectivity index (χ0n) is 24.1. The van der Waals surface area contributed by atoms with Gasteiger partial charge in [-0.25, -0.2) is 0 Å². The molecule has 1 N–H and O–H groups in total. The molecular formula is C30H45F3O6. The van der Waals surface area contributed by atoms with Crippen LogP contribution in [0, 0.1) is 52.3 Å². The Kier molecular flexibility index (Phi) is 7.18. The molecule has 13 atom stereocenters. The molecule has 0 aromatic rings. The number of halogens is 3. The highest BCUT2D eigenvalue weighted by atomic mass is 19.4. The number of alkyl halides is 3. The van der Waals surface area contributed by atoms with E-state index in [1.54, 1.807) is 0 Å². The normalized spacial score (nSPS) is 51.1. The van der Waals surface area contributed by atoms with Gasteiger partial charge in [-0.05, 0) is 91.3 Å². The summed E-state index contributed by atoms with van der Waals surface area (Å²) in [5.41, 5.74) is -0.320. The standard InChI is InChI=1S/C30H45F3O6/c1-7-19-21-12-18(37-16(3)34)8-10-27(21,5)20-9-11-28(6)22(24(20)26(19)38-17(4)35)13-23-25(28)15(2)14-29(36,39-23)30(31,32)33/h15,18-26,36H,7-14H2,1-6H3/t15-,18-,19-,20?,21+,22?,23+,24?,25+,26-,27-,28+,29?/m1/s1. The Morgan fingerprint density at radius 1 is 0.974 bits per heavy atom. The van der Waals surface area contributed by atoms with Crippen molar-refractivity contribution in [1.29, 1.82) is 0 Å². The van der Waals surface area contributed by atoms with Crippen LogP contribution in [0.1, 0.15) is 92.9 Å². The van der Waals surface area contributed by atoms with Crippen molar-refractivity contribution in [1.82, 2.24) is 0 Å². The van der Waals surface area contributed by atoms with Crippen LogP contribution in [0.4, 0.5) is 13.2 Å². The van der Waals surface area contributed by atoms with Crippen LogP contribution in [0.25, 0.3) is 0 Å². The zero-order valence-corrected chi connectivity index (χ0v) is 24.1. The number of hydrogen-bond donors (Lipinski definition) is 1. The van der Waals surface area contributed by atoms with Crippen LogP contribution in [0.5, 0.6) is 0 Å². The van der Waals surface area contributed by atoms with Gasteiger partial charge in [-0.1, -0.05) is 27.7 Å². The summed E-state index contributed by atoms with van der Waals surface area (Å²) in [6.07, 6.45) is -1.09. The second kappa shape index (κ2) is 9.60. The van der Waals surface area contributed by atoms with Crippen molar-refractivity contribution in [3.8, 4) is 0 Å². The molecule has 5 fully saturated rings. The van der Waals surface area contributed by atoms with E-state index in [0.29, 0.717) is 6.42 Å². The summed E-state index contributed by atoms with van der Waals surface area (Å²) in [7, 11) is 0. The molecule has 9 heteroatoms. The van der Waals surface area contributed by atoms with Crippen molar-refractivity contribution in [3.05, 3.63) is 0 Å². The topological polar surface area (TPSA) is 82.1 Å². The van der Waals surface area contributed by atoms with Gasteiger partial charge in [-0.3, -0.25) is 9.59 Å². The minimum atomic E-state index is -4.86. The number of ether oxygens (including phenoxy) is 3. The van der Waals surface area contributed by atoms with E-state index in [4.69, 9.17) is 14.2 Å². The van der Waals surface area contributed by atoms with Gasteiger partial charge in [0.15, 0.2) is 0 Å². The lowest BCUT2D eigenvalue weighted by Crippen LogP contribution is -2.63. The van der Waals surface area contributed by atoms with E-state index < -0.39 is 24.5 Å². The molecule has 1 aliphatic heterocycles. The monoisotopic (exact) mass is 558 g/mol. The molecule has 1 saturated heterocycles. The molecule has 4 saturated carbocycles. The molecule has 0 radical (unpaired) electrons. The summed E-state index contributed by atoms with van der Waals surface area (Å²) >= 11 is 0. The first-order valence-electron chi connectivity index (χ1n) is 14.9. The van der Waals surface area contributed by atoms with E-state index in [-0.39, 0.29) is 76.4 Å². The number of rotatable bonds is 3. The maximum atomic E-state index is 13.9. The Balaban J connectivity index is 1.53. The average molecular weight is 559 g/mol. The molecule has 0 spiro atoms. The van der Waals surface area contributed by atoms with Gasteiger partial charge in [0.25, 0.3) is 5.79 Å². The van der Waals surface area contributed by atoms with Crippen LogP contribution in [0.3, 0.4) is 0 Å². The Morgan fingerprint density at radius 3 is 2.21 bits per heavy atom. The van der Waals surface area contributed by atoms with Gasteiger partial charge in [0.1, 0.15) is 12.2 Å². The van der Waals surface area contributed by atoms with Crippen molar-refractivity contribution in [3.63, 3.8) is 0 Å². The molecule has 222 valence electrons. The Morgan fingerprint density at radius 2 is 1.62 bits per heavy atom. The van der Waals surface area contributed by atoms with Crippen LogP contribution in [0.2, 0.25) is 0 Å². The highest BCUT2D eigenvalue weighted by Gasteiger charge is 2.71. The first kappa shape index (κ1) is 29.2. The third-order valence-corrected chi connectivity index (χ3v) is 12.1. The van der Waals surface area contributed by atoms with E-state index in [0.717, 1.165) is 38.5 Å². The highest BCUT2D eigenvalue weighted by molar-refractivity contribution is 5.66. The van der Waals surface area contributed by atoms with Gasteiger partial charge in [0.05, 0.1) is 6.10 Å². The number of hydrogen-bond acceptors (Lipinski definition) is 6. The molecule has 4 aliphatic carbocycles. The largest absolute Gasteiger partial charge is 0.463 e. The van der Waals surface area contributed by atoms with Crippen molar-refractivity contribution >= 4 is 11.9 Å². The summed E-state index contributed by atoms with van der Waals surface area (Å²) in [6, 6.07) is 0. The lowest BCUT2D eigenvalue weighted by atomic mass is 9.41. The molecule has 0 aromatic heterocycles. The fraction of sp³-hybridized carbons (Fsp3) is 0.933. The Labute approximate surface area is 229 Å². The van der Waals surface area contributed by atoms with E-state index in [9.17, 15) is 27.9 Å². The lowest BCUT2D eigenvalue weighted by Gasteiger charge is -2.65. The molecule has 6 nitrogen and oxygen atoms in total. The number of esters is 2. The number of carbonyl (C=O) groups is 2. The molecular weight excluding hydrogens is 513 g/mol. The maximum Gasteiger partial charge on any atom is 0.443 e. The fourth-order valence-corrected chi connectivity index (χ4v) is 10.8. The van der Waals surface area contributed by atoms with Gasteiger partial charge in [0.2, 0.25) is 0 Å². The summed E-state index contributed by atoms with van der Waals surface area (Å²) in [6.45, 7) is 11.4. The Hall–Kier alpha value is -1.35. The van der Waals surface area contributed by atoms with Gasteiger partial charge in [-0.2, -0.15) is 13.2 Å². The summed E-state index contributed by atoms with van der Waals surface area (Å²) < 4.78 is 59.1. The molecule has 0 bridgehead atoms. The minimum Gasteiger partial charge on any atom is -0.463 e. The smallest absolute Gasteiger partial charge is 0.443 e. The van der Waals surface area contributed by atoms with Gasteiger partial charge < -0.3 is 19.3 Å². The third kappa shape index (κ3) is 4.43. The maximum absolute atomic E-state index is 13.9. The summed E-state index contributed by atoms with van der Waals surface area (Å²) in [4.78, 5) is 24.3. The summed E-state index contributed by atoms with van der Waals surface area (Å²) in [5, 5.41) is 10.6. The van der Waals surface area contributed by atoms with Crippen molar-refractivity contribution in [2.45, 2.75) is 123 Å². The van der Waals surface area contributed by atoms with Crippen molar-refractivity contribution < 1.29 is 42.1 Å². The van der Waals surface area contributed by atoms with Crippen LogP contribution in [-0.2, 0) is 23.8 Å². The molecule has 0 amide bonds. The number of aliphatic hydroxyl groups is 1. The Bertz CT molecular complexity index is 986. The predicted molar refractivity (Wildman–Crippen MR) is 136 cm³/mol. The zero-order chi connectivity index (χ0) is 28.7. The van der Waals surface area contributed by atoms with E-state index in [2.05, 4.69) is 20.8 Å². The fourth-order valence-electron chi connectivity index (χ4n) is 10.8. The first-order chi connectivity index (χ1) is 18.1. The predicted octanol–water partition coefficient (Wildman–Crippen LogP) is 6.04. The number of fused-ring (bicyclic) bond motifs is 7. The molecule has 5 rings (SSSR count). The lowest BCUT2D eigenvalue weighted by molar-refractivity contribution is -0.401. The van der Waals surface area contributed by atoms with Crippen LogP contribution in [-0.4, -0.2) is 47.3 Å². The molecule has 5 aliphatic rings. The second-order valence-electron chi connectivity index (χ2n) is 14.0. The average Bonchev–Trinajstić information content (AvgIpc) is 3.10. The molecule has 39 heavy (non-hydrogen) atoms. The van der Waals surface area contributed by atoms with E-state index in [1.807, 2.05) is 6.92 Å². The van der Waals surface area contributed by atoms with Crippen LogP contribution in [0.15, 0.2) is 0 Å². The van der Waals surface area contributed by atoms with Gasteiger partial charge in [-0.15, -0.1) is 0 Å². The van der Waals surface area contributed by atoms with E-state index >= 15 is 0 Å². The van der Waals surface area contributed by atoms with E-state index in [1.165, 1.54) is 13.8 Å². The molecule has 1 heterocycles. The SMILES string of the molecule is CC[C@H]1[C@@H](OC(C)=O)C2C3C[C@@H]4OC(O)(C(F)(F)F)C[C@@H](C)[C@@H]4[C@@]3(C)CCC2[C@@]2(C)CC[C@@H](OC(C)=O)C[C@@H]12. The molecule has 0 aromatic carbocycles. The van der Waals surface area contributed by atoms with Gasteiger partial charge in [0, 0.05) is 26.2 Å². The second-order valence-corrected chi connectivity index (χ2v) is 14.0. The quantitative estimate of drug-likeness (QED) is 0.426. The minimum absolute atomic E-state index is 0.00417. The van der Waals surface area contributed by atoms with Crippen molar-refractivity contribution in [2.24, 2.45) is 52.3 Å². The molecule has 4 unspecified atom stereocenters. The van der Waals surface area contributed by atoms with Crippen LogP contribution < -0.4 is 0 Å². The van der Waals surface area contributed by atoms with Gasteiger partial charge >= 0.3 is 18.1 Å². The van der Waals surface area contributed by atoms with Crippen LogP contribution >= 0.6 is 0 Å². The number of carbonyl (C=O) groups excluding carboxylic acids is 2.